The molecule has 0 N–H and O–H groups in total. The Morgan fingerprint density at radius 2 is 1.45 bits per heavy atom. The summed E-state index contributed by atoms with van der Waals surface area (Å²) in [6.07, 6.45) is 19.5. The van der Waals surface area contributed by atoms with Gasteiger partial charge >= 0.3 is 0 Å². The topological polar surface area (TPSA) is 33.0 Å². The maximum absolute atomic E-state index is 8.94. The predicted octanol–water partition coefficient (Wildman–Crippen LogP) is 7.77. The predicted molar refractivity (Wildman–Crippen MR) is 121 cm³/mol. The van der Waals surface area contributed by atoms with Gasteiger partial charge < -0.3 is 4.74 Å². The van der Waals surface area contributed by atoms with Crippen molar-refractivity contribution < 1.29 is 4.74 Å². The van der Waals surface area contributed by atoms with Gasteiger partial charge in [0.05, 0.1) is 17.7 Å². The van der Waals surface area contributed by atoms with Crippen molar-refractivity contribution in [3.05, 3.63) is 35.4 Å². The van der Waals surface area contributed by atoms with Gasteiger partial charge in [-0.3, -0.25) is 0 Å². The first-order valence-corrected chi connectivity index (χ1v) is 12.4. The lowest BCUT2D eigenvalue weighted by Crippen LogP contribution is -2.21. The van der Waals surface area contributed by atoms with Crippen LogP contribution in [0.1, 0.15) is 114 Å². The minimum atomic E-state index is 0.471. The summed E-state index contributed by atoms with van der Waals surface area (Å²) in [4.78, 5) is 0. The van der Waals surface area contributed by atoms with E-state index in [1.165, 1.54) is 95.5 Å². The first-order chi connectivity index (χ1) is 14.3. The lowest BCUT2D eigenvalue weighted by Gasteiger charge is -2.30. The molecule has 0 atom stereocenters. The van der Waals surface area contributed by atoms with Crippen LogP contribution < -0.4 is 0 Å². The van der Waals surface area contributed by atoms with E-state index in [0.29, 0.717) is 12.0 Å². The van der Waals surface area contributed by atoms with Crippen LogP contribution in [0.15, 0.2) is 24.3 Å². The Labute approximate surface area is 179 Å². The second kappa shape index (κ2) is 12.4. The first-order valence-electron chi connectivity index (χ1n) is 12.4. The van der Waals surface area contributed by atoms with Gasteiger partial charge in [-0.1, -0.05) is 70.4 Å². The van der Waals surface area contributed by atoms with Crippen molar-refractivity contribution in [2.24, 2.45) is 11.8 Å². The van der Waals surface area contributed by atoms with E-state index in [2.05, 4.69) is 25.1 Å². The molecule has 2 saturated carbocycles. The van der Waals surface area contributed by atoms with Gasteiger partial charge in [0.1, 0.15) is 0 Å². The number of hydrogen-bond donors (Lipinski definition) is 0. The Kier molecular flexibility index (Phi) is 9.55. The maximum Gasteiger partial charge on any atom is 0.0991 e. The molecule has 3 rings (SSSR count). The third-order valence-electron chi connectivity index (χ3n) is 7.48. The summed E-state index contributed by atoms with van der Waals surface area (Å²) < 4.78 is 6.24. The highest BCUT2D eigenvalue weighted by molar-refractivity contribution is 5.33. The zero-order valence-electron chi connectivity index (χ0n) is 18.6. The van der Waals surface area contributed by atoms with Crippen LogP contribution in [0.4, 0.5) is 0 Å². The van der Waals surface area contributed by atoms with E-state index < -0.39 is 0 Å². The zero-order valence-corrected chi connectivity index (χ0v) is 18.6. The largest absolute Gasteiger partial charge is 0.378 e. The second-order valence-corrected chi connectivity index (χ2v) is 9.60. The van der Waals surface area contributed by atoms with Crippen molar-refractivity contribution in [3.8, 4) is 6.07 Å². The van der Waals surface area contributed by atoms with Crippen molar-refractivity contribution >= 4 is 0 Å². The summed E-state index contributed by atoms with van der Waals surface area (Å²) >= 11 is 0. The van der Waals surface area contributed by atoms with Crippen LogP contribution in [-0.4, -0.2) is 12.7 Å². The van der Waals surface area contributed by atoms with Crippen molar-refractivity contribution in [2.45, 2.75) is 109 Å². The molecule has 0 radical (unpaired) electrons. The standard InChI is InChI=1S/C27H41NO/c1-2-3-4-6-22-8-10-23(11-9-22)7-5-20-29-27-18-16-26(17-19-27)25-14-12-24(21-28)13-15-25/h12-15,22-23,26-27H,2-11,16-20H2,1H3/t22-,23-,26-,27-. The molecule has 160 valence electrons. The molecule has 29 heavy (non-hydrogen) atoms. The Hall–Kier alpha value is -1.33. The lowest BCUT2D eigenvalue weighted by molar-refractivity contribution is 0.0204. The minimum Gasteiger partial charge on any atom is -0.378 e. The molecule has 1 aromatic rings. The van der Waals surface area contributed by atoms with Crippen LogP contribution in [0.5, 0.6) is 0 Å². The van der Waals surface area contributed by atoms with Crippen LogP contribution in [0.3, 0.4) is 0 Å². The molecule has 0 unspecified atom stereocenters. The normalized spacial score (nSPS) is 27.4. The summed E-state index contributed by atoms with van der Waals surface area (Å²) in [5.41, 5.74) is 2.16. The highest BCUT2D eigenvalue weighted by atomic mass is 16.5. The molecule has 0 aliphatic heterocycles. The number of unbranched alkanes of at least 4 members (excludes halogenated alkanes) is 2. The van der Waals surface area contributed by atoms with Gasteiger partial charge in [-0.25, -0.2) is 0 Å². The van der Waals surface area contributed by atoms with Gasteiger partial charge in [-0.2, -0.15) is 5.26 Å². The Bertz CT molecular complexity index is 600. The average Bonchev–Trinajstić information content (AvgIpc) is 2.78. The fraction of sp³-hybridized carbons (Fsp3) is 0.741. The molecular formula is C27H41NO. The molecule has 0 heterocycles. The Morgan fingerprint density at radius 1 is 0.828 bits per heavy atom. The number of rotatable bonds is 10. The summed E-state index contributed by atoms with van der Waals surface area (Å²) in [5, 5.41) is 8.94. The van der Waals surface area contributed by atoms with E-state index in [0.717, 1.165) is 24.0 Å². The molecule has 0 spiro atoms. The number of benzene rings is 1. The van der Waals surface area contributed by atoms with Crippen molar-refractivity contribution in [2.75, 3.05) is 6.61 Å². The SMILES string of the molecule is CCCCC[C@H]1CC[C@H](CCCO[C@H]2CC[C@H](c3ccc(C#N)cc3)CC2)CC1. The van der Waals surface area contributed by atoms with Crippen LogP contribution in [0.2, 0.25) is 0 Å². The quantitative estimate of drug-likeness (QED) is 0.379. The smallest absolute Gasteiger partial charge is 0.0991 e. The third-order valence-corrected chi connectivity index (χ3v) is 7.48. The Balaban J connectivity index is 1.24. The molecule has 2 nitrogen and oxygen atoms in total. The monoisotopic (exact) mass is 395 g/mol. The Morgan fingerprint density at radius 3 is 2.03 bits per heavy atom. The minimum absolute atomic E-state index is 0.471. The number of nitrogens with zero attached hydrogens (tertiary/aromatic N) is 1. The summed E-state index contributed by atoms with van der Waals surface area (Å²) in [6.45, 7) is 3.27. The van der Waals surface area contributed by atoms with Gasteiger partial charge in [0, 0.05) is 6.61 Å². The van der Waals surface area contributed by atoms with E-state index in [-0.39, 0.29) is 0 Å². The molecule has 2 fully saturated rings. The van der Waals surface area contributed by atoms with E-state index in [1.807, 2.05) is 12.1 Å². The highest BCUT2D eigenvalue weighted by Gasteiger charge is 2.23. The fourth-order valence-electron chi connectivity index (χ4n) is 5.51. The van der Waals surface area contributed by atoms with E-state index in [9.17, 15) is 0 Å². The molecule has 0 amide bonds. The lowest BCUT2D eigenvalue weighted by atomic mass is 9.78. The molecule has 0 bridgehead atoms. The molecule has 2 heteroatoms. The second-order valence-electron chi connectivity index (χ2n) is 9.60. The average molecular weight is 396 g/mol. The number of nitriles is 1. The molecule has 0 aromatic heterocycles. The number of ether oxygens (including phenoxy) is 1. The molecular weight excluding hydrogens is 354 g/mol. The highest BCUT2D eigenvalue weighted by Crippen LogP contribution is 2.36. The van der Waals surface area contributed by atoms with Crippen LogP contribution in [-0.2, 0) is 4.74 Å². The fourth-order valence-corrected chi connectivity index (χ4v) is 5.51. The first kappa shape index (κ1) is 22.4. The molecule has 0 saturated heterocycles. The zero-order chi connectivity index (χ0) is 20.3. The van der Waals surface area contributed by atoms with Crippen molar-refractivity contribution in [1.29, 1.82) is 5.26 Å². The maximum atomic E-state index is 8.94. The van der Waals surface area contributed by atoms with Crippen molar-refractivity contribution in [3.63, 3.8) is 0 Å². The summed E-state index contributed by atoms with van der Waals surface area (Å²) in [6, 6.07) is 10.4. The van der Waals surface area contributed by atoms with E-state index in [4.69, 9.17) is 10.00 Å². The third kappa shape index (κ3) is 7.45. The molecule has 1 aromatic carbocycles. The molecule has 2 aliphatic rings. The van der Waals surface area contributed by atoms with Gasteiger partial charge in [0.25, 0.3) is 0 Å². The van der Waals surface area contributed by atoms with E-state index >= 15 is 0 Å². The summed E-state index contributed by atoms with van der Waals surface area (Å²) in [5.74, 6) is 2.64. The van der Waals surface area contributed by atoms with E-state index in [1.54, 1.807) is 0 Å². The molecule has 2 aliphatic carbocycles. The van der Waals surface area contributed by atoms with Crippen LogP contribution in [0, 0.1) is 23.2 Å². The van der Waals surface area contributed by atoms with Crippen molar-refractivity contribution in [1.82, 2.24) is 0 Å². The van der Waals surface area contributed by atoms with Gasteiger partial charge in [0.2, 0.25) is 0 Å². The van der Waals surface area contributed by atoms with Gasteiger partial charge in [0.15, 0.2) is 0 Å². The number of hydrogen-bond acceptors (Lipinski definition) is 2. The van der Waals surface area contributed by atoms with Gasteiger partial charge in [-0.15, -0.1) is 0 Å². The van der Waals surface area contributed by atoms with Gasteiger partial charge in [-0.05, 0) is 74.0 Å². The van der Waals surface area contributed by atoms with Crippen LogP contribution >= 0.6 is 0 Å². The summed E-state index contributed by atoms with van der Waals surface area (Å²) in [7, 11) is 0. The van der Waals surface area contributed by atoms with Crippen LogP contribution in [0.25, 0.3) is 0 Å².